The van der Waals surface area contributed by atoms with E-state index in [0.717, 1.165) is 22.3 Å². The summed E-state index contributed by atoms with van der Waals surface area (Å²) in [6.07, 6.45) is -0.223. The van der Waals surface area contributed by atoms with Gasteiger partial charge in [-0.1, -0.05) is 48.5 Å². The Morgan fingerprint density at radius 3 is 2.20 bits per heavy atom. The molecule has 8 heteroatoms. The number of hydrogen-bond donors (Lipinski definition) is 0. The number of hydrogen-bond acceptors (Lipinski definition) is 5. The second-order valence-electron chi connectivity index (χ2n) is 11.0. The topological polar surface area (TPSA) is 76.2 Å². The first-order valence-corrected chi connectivity index (χ1v) is 13.3. The fraction of sp³-hybridized carbons (Fsp3) is 0.344. The molecule has 4 rings (SSSR count). The highest BCUT2D eigenvalue weighted by molar-refractivity contribution is 5.89. The van der Waals surface area contributed by atoms with E-state index in [1.165, 1.54) is 24.1 Å². The van der Waals surface area contributed by atoms with E-state index in [1.807, 2.05) is 31.2 Å². The lowest BCUT2D eigenvalue weighted by atomic mass is 9.92. The fourth-order valence-corrected chi connectivity index (χ4v) is 4.84. The third-order valence-corrected chi connectivity index (χ3v) is 6.99. The van der Waals surface area contributed by atoms with Crippen molar-refractivity contribution in [3.05, 3.63) is 106 Å². The Bertz CT molecular complexity index is 1370. The Labute approximate surface area is 234 Å². The smallest absolute Gasteiger partial charge is 0.411 e. The van der Waals surface area contributed by atoms with Gasteiger partial charge < -0.3 is 14.4 Å². The molecule has 3 aromatic rings. The zero-order valence-electron chi connectivity index (χ0n) is 23.5. The van der Waals surface area contributed by atoms with Crippen LogP contribution in [0.2, 0.25) is 0 Å². The number of halogens is 1. The van der Waals surface area contributed by atoms with Gasteiger partial charge in [-0.15, -0.1) is 0 Å². The normalized spacial score (nSPS) is 15.6. The third kappa shape index (κ3) is 6.68. The molecule has 3 aromatic carbocycles. The molecule has 0 bridgehead atoms. The first-order valence-electron chi connectivity index (χ1n) is 13.3. The number of ether oxygens (including phenoxy) is 2. The number of nitrogens with zero attached hydrogens (tertiary/aromatic N) is 2. The maximum atomic E-state index is 14.4. The molecule has 0 radical (unpaired) electrons. The maximum Gasteiger partial charge on any atom is 0.411 e. The van der Waals surface area contributed by atoms with Crippen LogP contribution >= 0.6 is 0 Å². The van der Waals surface area contributed by atoms with Crippen LogP contribution in [-0.4, -0.2) is 46.5 Å². The highest BCUT2D eigenvalue weighted by Crippen LogP contribution is 2.30. The largest absolute Gasteiger partial charge is 0.465 e. The van der Waals surface area contributed by atoms with E-state index < -0.39 is 29.7 Å². The highest BCUT2D eigenvalue weighted by Gasteiger charge is 2.40. The number of carbonyl (C=O) groups excluding carboxylic acids is 3. The lowest BCUT2D eigenvalue weighted by Crippen LogP contribution is -2.54. The summed E-state index contributed by atoms with van der Waals surface area (Å²) < 4.78 is 24.2. The van der Waals surface area contributed by atoms with Crippen molar-refractivity contribution in [1.82, 2.24) is 9.80 Å². The van der Waals surface area contributed by atoms with E-state index in [1.54, 1.807) is 62.1 Å². The Morgan fingerprint density at radius 1 is 0.975 bits per heavy atom. The van der Waals surface area contributed by atoms with Crippen LogP contribution in [0.1, 0.15) is 66.3 Å². The summed E-state index contributed by atoms with van der Waals surface area (Å²) in [6, 6.07) is 19.4. The summed E-state index contributed by atoms with van der Waals surface area (Å²) in [6.45, 7) is 7.71. The highest BCUT2D eigenvalue weighted by atomic mass is 19.1. The Hall–Kier alpha value is -4.20. The molecule has 0 fully saturated rings. The lowest BCUT2D eigenvalue weighted by Gasteiger charge is -2.40. The zero-order valence-corrected chi connectivity index (χ0v) is 23.5. The van der Waals surface area contributed by atoms with Crippen molar-refractivity contribution >= 4 is 18.0 Å². The molecule has 2 amide bonds. The van der Waals surface area contributed by atoms with Crippen LogP contribution in [0.3, 0.4) is 0 Å². The average Bonchev–Trinajstić information content (AvgIpc) is 2.94. The van der Waals surface area contributed by atoms with Crippen LogP contribution in [0.25, 0.3) is 0 Å². The zero-order chi connectivity index (χ0) is 29.0. The minimum atomic E-state index is -0.804. The molecule has 0 unspecified atom stereocenters. The van der Waals surface area contributed by atoms with Crippen LogP contribution in [0, 0.1) is 5.82 Å². The third-order valence-electron chi connectivity index (χ3n) is 6.99. The fourth-order valence-electron chi connectivity index (χ4n) is 4.84. The van der Waals surface area contributed by atoms with Crippen LogP contribution in [0.5, 0.6) is 0 Å². The molecule has 210 valence electrons. The minimum Gasteiger partial charge on any atom is -0.465 e. The summed E-state index contributed by atoms with van der Waals surface area (Å²) in [5, 5.41) is 0. The summed E-state index contributed by atoms with van der Waals surface area (Å²) in [7, 11) is 1.32. The monoisotopic (exact) mass is 546 g/mol. The Balaban J connectivity index is 1.71. The molecule has 0 spiro atoms. The molecule has 2 atom stereocenters. The molecule has 0 N–H and O–H groups in total. The van der Waals surface area contributed by atoms with Gasteiger partial charge in [-0.25, -0.2) is 14.0 Å². The molecular formula is C32H35FN2O5. The molecular weight excluding hydrogens is 511 g/mol. The molecule has 1 aliphatic heterocycles. The molecule has 0 saturated heterocycles. The van der Waals surface area contributed by atoms with E-state index in [2.05, 4.69) is 0 Å². The van der Waals surface area contributed by atoms with Gasteiger partial charge >= 0.3 is 12.1 Å². The van der Waals surface area contributed by atoms with Crippen LogP contribution in [0.15, 0.2) is 72.8 Å². The van der Waals surface area contributed by atoms with Gasteiger partial charge in [0.25, 0.3) is 0 Å². The molecule has 0 saturated carbocycles. The van der Waals surface area contributed by atoms with Gasteiger partial charge in [-0.2, -0.15) is 0 Å². The molecule has 7 nitrogen and oxygen atoms in total. The maximum absolute atomic E-state index is 14.4. The van der Waals surface area contributed by atoms with Crippen molar-refractivity contribution in [2.24, 2.45) is 0 Å². The SMILES string of the molecule is COC(=O)c1ccc(CN(C(=O)[C@@H]2Cc3ccccc3CN2C(=O)OC(C)(C)C)[C@H](C)c2ccc(F)cc2)cc1. The van der Waals surface area contributed by atoms with Gasteiger partial charge in [0.1, 0.15) is 17.5 Å². The number of benzene rings is 3. The second kappa shape index (κ2) is 11.9. The first-order chi connectivity index (χ1) is 19.0. The number of rotatable bonds is 6. The Kier molecular flexibility index (Phi) is 8.57. The quantitative estimate of drug-likeness (QED) is 0.351. The summed E-state index contributed by atoms with van der Waals surface area (Å²) >= 11 is 0. The minimum absolute atomic E-state index is 0.207. The van der Waals surface area contributed by atoms with Crippen molar-refractivity contribution in [3.8, 4) is 0 Å². The molecule has 0 aromatic heterocycles. The number of amides is 2. The second-order valence-corrected chi connectivity index (χ2v) is 11.0. The van der Waals surface area contributed by atoms with Crippen molar-refractivity contribution < 1.29 is 28.2 Å². The summed E-state index contributed by atoms with van der Waals surface area (Å²) in [4.78, 5) is 42.9. The predicted molar refractivity (Wildman–Crippen MR) is 149 cm³/mol. The molecule has 1 heterocycles. The average molecular weight is 547 g/mol. The van der Waals surface area contributed by atoms with Crippen molar-refractivity contribution in [2.75, 3.05) is 7.11 Å². The van der Waals surface area contributed by atoms with E-state index in [-0.39, 0.29) is 24.8 Å². The van der Waals surface area contributed by atoms with Gasteiger partial charge in [0, 0.05) is 13.0 Å². The molecule has 0 aliphatic carbocycles. The summed E-state index contributed by atoms with van der Waals surface area (Å²) in [5.74, 6) is -1.07. The van der Waals surface area contributed by atoms with E-state index >= 15 is 0 Å². The number of fused-ring (bicyclic) bond motifs is 1. The first kappa shape index (κ1) is 28.8. The number of methoxy groups -OCH3 is 1. The van der Waals surface area contributed by atoms with Crippen LogP contribution < -0.4 is 0 Å². The van der Waals surface area contributed by atoms with Crippen LogP contribution in [0.4, 0.5) is 9.18 Å². The Morgan fingerprint density at radius 2 is 1.60 bits per heavy atom. The van der Waals surface area contributed by atoms with E-state index in [4.69, 9.17) is 9.47 Å². The molecule has 1 aliphatic rings. The van der Waals surface area contributed by atoms with Gasteiger partial charge in [-0.05, 0) is 74.2 Å². The van der Waals surface area contributed by atoms with Gasteiger partial charge in [0.05, 0.1) is 25.3 Å². The van der Waals surface area contributed by atoms with E-state index in [0.29, 0.717) is 12.0 Å². The predicted octanol–water partition coefficient (Wildman–Crippen LogP) is 6.06. The number of esters is 1. The lowest BCUT2D eigenvalue weighted by molar-refractivity contribution is -0.140. The van der Waals surface area contributed by atoms with Crippen molar-refractivity contribution in [3.63, 3.8) is 0 Å². The standard InChI is InChI=1S/C32H35FN2O5/c1-21(23-14-16-27(33)17-15-23)34(19-22-10-12-24(13-11-22)30(37)39-5)29(36)28-18-25-8-6-7-9-26(25)20-35(28)31(38)40-32(2,3)4/h6-17,21,28H,18-20H2,1-5H3/t21-,28+/m1/s1. The summed E-state index contributed by atoms with van der Waals surface area (Å²) in [5.41, 5.74) is 3.17. The van der Waals surface area contributed by atoms with Gasteiger partial charge in [0.2, 0.25) is 5.91 Å². The van der Waals surface area contributed by atoms with Crippen molar-refractivity contribution in [2.45, 2.75) is 64.9 Å². The van der Waals surface area contributed by atoms with E-state index in [9.17, 15) is 18.8 Å². The number of carbonyl (C=O) groups is 3. The van der Waals surface area contributed by atoms with Gasteiger partial charge in [0.15, 0.2) is 0 Å². The van der Waals surface area contributed by atoms with Crippen molar-refractivity contribution in [1.29, 1.82) is 0 Å². The van der Waals surface area contributed by atoms with Crippen LogP contribution in [-0.2, 0) is 33.8 Å². The van der Waals surface area contributed by atoms with Gasteiger partial charge in [-0.3, -0.25) is 9.69 Å². The molecule has 40 heavy (non-hydrogen) atoms.